The molecule has 418 valence electrons. The van der Waals surface area contributed by atoms with Crippen LogP contribution >= 0.6 is 0 Å². The monoisotopic (exact) mass is 1110 g/mol. The van der Waals surface area contributed by atoms with Gasteiger partial charge in [-0.1, -0.05) is 57.2 Å². The maximum Gasteiger partial charge on any atom is 0.119 e. The van der Waals surface area contributed by atoms with Crippen molar-refractivity contribution in [2.24, 2.45) is 0 Å². The second-order valence-electron chi connectivity index (χ2n) is 21.6. The second kappa shape index (κ2) is 22.9. The van der Waals surface area contributed by atoms with E-state index in [-0.39, 0.29) is 5.41 Å². The number of hydrogen-bond donors (Lipinski definition) is 0. The van der Waals surface area contributed by atoms with E-state index in [1.165, 1.54) is 27.1 Å². The van der Waals surface area contributed by atoms with Crippen molar-refractivity contribution in [3.63, 3.8) is 0 Å². The van der Waals surface area contributed by atoms with Gasteiger partial charge in [-0.3, -0.25) is 0 Å². The fraction of sp³-hybridized carbons (Fsp3) is 0.135. The minimum Gasteiger partial charge on any atom is -0.497 e. The van der Waals surface area contributed by atoms with Crippen molar-refractivity contribution >= 4 is 101 Å². The van der Waals surface area contributed by atoms with Crippen molar-refractivity contribution < 1.29 is 28.4 Å². The van der Waals surface area contributed by atoms with Gasteiger partial charge in [0.15, 0.2) is 0 Å². The summed E-state index contributed by atoms with van der Waals surface area (Å²) in [5.41, 5.74) is 12.9. The molecule has 0 spiro atoms. The number of rotatable bonds is 18. The smallest absolute Gasteiger partial charge is 0.119 e. The Bertz CT molecular complexity index is 3850. The third kappa shape index (κ3) is 10.4. The standard InChI is InChI=1S/C74H66N4O6/c1-74(2,3)51-46-49-10-44-68-70(77(60-28-40-66(83-8)41-29-60)58-16-12-52(13-17-58)75(54-20-32-62(79-4)33-21-54)55-22-34-63(80-5)35-23-55)48-71(69-45-11-50(47-51)72(49)73(68)69)78(61-30-42-67(84-9)43-31-61)59-18-14-53(15-19-59)76(56-24-36-64(81-6)37-25-56)57-26-38-65(82-7)39-27-57/h10-48H,1-9H3. The van der Waals surface area contributed by atoms with Gasteiger partial charge in [-0.15, -0.1) is 0 Å². The van der Waals surface area contributed by atoms with Crippen LogP contribution in [0.2, 0.25) is 0 Å². The number of benzene rings is 12. The van der Waals surface area contributed by atoms with E-state index in [4.69, 9.17) is 28.4 Å². The van der Waals surface area contributed by atoms with Gasteiger partial charge in [0.2, 0.25) is 0 Å². The molecule has 0 aliphatic heterocycles. The third-order valence-corrected chi connectivity index (χ3v) is 15.7. The first kappa shape index (κ1) is 54.3. The molecule has 0 heterocycles. The maximum atomic E-state index is 5.78. The zero-order valence-electron chi connectivity index (χ0n) is 48.8. The minimum atomic E-state index is -0.0674. The summed E-state index contributed by atoms with van der Waals surface area (Å²) in [7, 11) is 10.2. The van der Waals surface area contributed by atoms with Gasteiger partial charge in [0, 0.05) is 73.0 Å². The summed E-state index contributed by atoms with van der Waals surface area (Å²) in [6.07, 6.45) is 0. The predicted molar refractivity (Wildman–Crippen MR) is 347 cm³/mol. The normalized spacial score (nSPS) is 11.4. The third-order valence-electron chi connectivity index (χ3n) is 15.7. The molecule has 12 aromatic rings. The molecule has 0 fully saturated rings. The molecule has 10 nitrogen and oxygen atoms in total. The van der Waals surface area contributed by atoms with Crippen molar-refractivity contribution in [2.45, 2.75) is 26.2 Å². The molecule has 0 aliphatic carbocycles. The highest BCUT2D eigenvalue weighted by Gasteiger charge is 2.27. The lowest BCUT2D eigenvalue weighted by atomic mass is 9.83. The lowest BCUT2D eigenvalue weighted by Crippen LogP contribution is -2.15. The highest BCUT2D eigenvalue weighted by molar-refractivity contribution is 6.29. The van der Waals surface area contributed by atoms with Gasteiger partial charge in [0.25, 0.3) is 0 Å². The Kier molecular flexibility index (Phi) is 14.8. The van der Waals surface area contributed by atoms with E-state index in [9.17, 15) is 0 Å². The van der Waals surface area contributed by atoms with E-state index in [0.29, 0.717) is 0 Å². The van der Waals surface area contributed by atoms with E-state index in [1.807, 2.05) is 72.8 Å². The average Bonchev–Trinajstić information content (AvgIpc) is 1.88. The molecular formula is C74H66N4O6. The zero-order chi connectivity index (χ0) is 58.1. The molecule has 0 saturated carbocycles. The highest BCUT2D eigenvalue weighted by atomic mass is 16.5. The van der Waals surface area contributed by atoms with E-state index in [0.717, 1.165) is 114 Å². The van der Waals surface area contributed by atoms with Crippen LogP contribution in [0.15, 0.2) is 237 Å². The van der Waals surface area contributed by atoms with Crippen LogP contribution in [0.4, 0.5) is 68.2 Å². The Morgan fingerprint density at radius 2 is 0.452 bits per heavy atom. The van der Waals surface area contributed by atoms with E-state index in [2.05, 4.69) is 204 Å². The first-order valence-corrected chi connectivity index (χ1v) is 28.0. The first-order chi connectivity index (χ1) is 41.0. The van der Waals surface area contributed by atoms with Gasteiger partial charge in [0.05, 0.1) is 54.0 Å². The predicted octanol–water partition coefficient (Wildman–Crippen LogP) is 19.8. The molecule has 12 rings (SSSR count). The molecule has 10 heteroatoms. The van der Waals surface area contributed by atoms with Gasteiger partial charge in [-0.05, 0) is 227 Å². The molecule has 0 bridgehead atoms. The van der Waals surface area contributed by atoms with Crippen LogP contribution in [0.25, 0.3) is 32.3 Å². The fourth-order valence-corrected chi connectivity index (χ4v) is 11.3. The number of methoxy groups -OCH3 is 6. The molecule has 0 aliphatic rings. The molecular weight excluding hydrogens is 1040 g/mol. The summed E-state index contributed by atoms with van der Waals surface area (Å²) in [6, 6.07) is 83.2. The van der Waals surface area contributed by atoms with Crippen LogP contribution in [-0.2, 0) is 5.41 Å². The van der Waals surface area contributed by atoms with Crippen molar-refractivity contribution in [3.8, 4) is 34.5 Å². The van der Waals surface area contributed by atoms with Crippen LogP contribution in [0, 0.1) is 0 Å². The average molecular weight is 1110 g/mol. The van der Waals surface area contributed by atoms with Crippen LogP contribution in [0.1, 0.15) is 26.3 Å². The second-order valence-corrected chi connectivity index (χ2v) is 21.6. The summed E-state index contributed by atoms with van der Waals surface area (Å²) in [4.78, 5) is 9.24. The fourth-order valence-electron chi connectivity index (χ4n) is 11.3. The van der Waals surface area contributed by atoms with Crippen LogP contribution in [0.3, 0.4) is 0 Å². The Labute approximate surface area is 491 Å². The molecule has 12 aromatic carbocycles. The highest BCUT2D eigenvalue weighted by Crippen LogP contribution is 2.52. The topological polar surface area (TPSA) is 68.3 Å². The van der Waals surface area contributed by atoms with Crippen molar-refractivity contribution in [1.82, 2.24) is 0 Å². The SMILES string of the molecule is COc1ccc(N(c2ccc(OC)cc2)c2ccc(N(c3ccc(OC)cc3)c3cc(N(c4ccc(OC)cc4)c4ccc(N(c5ccc(OC)cc5)c5ccc(OC)cc5)cc4)c4ccc5cc(C(C)(C)C)cc6ccc3c4c65)cc2)cc1. The molecule has 0 radical (unpaired) electrons. The van der Waals surface area contributed by atoms with E-state index < -0.39 is 0 Å². The summed E-state index contributed by atoms with van der Waals surface area (Å²) < 4.78 is 33.9. The van der Waals surface area contributed by atoms with Crippen LogP contribution in [0.5, 0.6) is 34.5 Å². The van der Waals surface area contributed by atoms with Gasteiger partial charge >= 0.3 is 0 Å². The lowest BCUT2D eigenvalue weighted by molar-refractivity contribution is 0.414. The number of hydrogen-bond acceptors (Lipinski definition) is 10. The van der Waals surface area contributed by atoms with Crippen molar-refractivity contribution in [1.29, 1.82) is 0 Å². The van der Waals surface area contributed by atoms with Gasteiger partial charge in [-0.2, -0.15) is 0 Å². The van der Waals surface area contributed by atoms with E-state index in [1.54, 1.807) is 42.7 Å². The van der Waals surface area contributed by atoms with Gasteiger partial charge < -0.3 is 48.0 Å². The largest absolute Gasteiger partial charge is 0.497 e. The Hall–Kier alpha value is -10.3. The van der Waals surface area contributed by atoms with Crippen LogP contribution in [-0.4, -0.2) is 42.7 Å². The molecule has 0 amide bonds. The van der Waals surface area contributed by atoms with Crippen LogP contribution < -0.4 is 48.0 Å². The molecule has 84 heavy (non-hydrogen) atoms. The van der Waals surface area contributed by atoms with Gasteiger partial charge in [0.1, 0.15) is 34.5 Å². The van der Waals surface area contributed by atoms with Gasteiger partial charge in [-0.25, -0.2) is 0 Å². The number of ether oxygens (including phenoxy) is 6. The van der Waals surface area contributed by atoms with E-state index >= 15 is 0 Å². The summed E-state index contributed by atoms with van der Waals surface area (Å²) in [5, 5.41) is 6.96. The Morgan fingerprint density at radius 1 is 0.238 bits per heavy atom. The number of nitrogens with zero attached hydrogens (tertiary/aromatic N) is 4. The molecule has 0 saturated heterocycles. The summed E-state index contributed by atoms with van der Waals surface area (Å²) >= 11 is 0. The summed E-state index contributed by atoms with van der Waals surface area (Å²) in [6.45, 7) is 6.85. The quantitative estimate of drug-likeness (QED) is 0.0776. The molecule has 0 aromatic heterocycles. The lowest BCUT2D eigenvalue weighted by Gasteiger charge is -2.33. The first-order valence-electron chi connectivity index (χ1n) is 28.0. The summed E-state index contributed by atoms with van der Waals surface area (Å²) in [5.74, 6) is 4.66. The Balaban J connectivity index is 1.09. The maximum absolute atomic E-state index is 5.78. The minimum absolute atomic E-state index is 0.0674. The molecule has 0 unspecified atom stereocenters. The Morgan fingerprint density at radius 3 is 0.667 bits per heavy atom. The zero-order valence-corrected chi connectivity index (χ0v) is 48.8. The molecule has 0 atom stereocenters. The number of anilines is 12. The van der Waals surface area contributed by atoms with Crippen molar-refractivity contribution in [3.05, 3.63) is 242 Å². The molecule has 0 N–H and O–H groups in total. The van der Waals surface area contributed by atoms with Crippen molar-refractivity contribution in [2.75, 3.05) is 62.3 Å².